The number of benzene rings is 1. The minimum atomic E-state index is -4.01. The van der Waals surface area contributed by atoms with Gasteiger partial charge in [-0.3, -0.25) is 0 Å². The van der Waals surface area contributed by atoms with Gasteiger partial charge in [0.1, 0.15) is 10.7 Å². The van der Waals surface area contributed by atoms with E-state index >= 15 is 0 Å². The Kier molecular flexibility index (Phi) is 9.37. The van der Waals surface area contributed by atoms with Gasteiger partial charge in [0.15, 0.2) is 0 Å². The normalized spacial score (nSPS) is 14.0. The molecule has 0 saturated heterocycles. The molecule has 0 amide bonds. The fourth-order valence-corrected chi connectivity index (χ4v) is 4.16. The van der Waals surface area contributed by atoms with Crippen LogP contribution in [0, 0.1) is 26.7 Å². The average molecular weight is 449 g/mol. The molecule has 0 spiro atoms. The molecule has 1 aromatic carbocycles. The minimum Gasteiger partial charge on any atom is -0.506 e. The van der Waals surface area contributed by atoms with E-state index < -0.39 is 10.0 Å². The number of sulfonamides is 1. The summed E-state index contributed by atoms with van der Waals surface area (Å²) in [5.74, 6) is 2.02. The van der Waals surface area contributed by atoms with Crippen molar-refractivity contribution < 1.29 is 50.7 Å². The SMILES string of the molecule is C#CCN1c2occc2C(O)=C(c2ccccc2C)S1(=O)=O.CC.[CH3-].[Y]. The Morgan fingerprint density at radius 3 is 2.38 bits per heavy atom. The third kappa shape index (κ3) is 4.06. The number of furan rings is 1. The topological polar surface area (TPSA) is 70.8 Å². The Morgan fingerprint density at radius 2 is 1.81 bits per heavy atom. The third-order valence-electron chi connectivity index (χ3n) is 3.51. The van der Waals surface area contributed by atoms with Gasteiger partial charge in [-0.1, -0.05) is 44.0 Å². The molecule has 1 radical (unpaired) electrons. The average Bonchev–Trinajstić information content (AvgIpc) is 3.04. The van der Waals surface area contributed by atoms with E-state index in [1.54, 1.807) is 31.2 Å². The summed E-state index contributed by atoms with van der Waals surface area (Å²) in [5, 5.41) is 10.5. The van der Waals surface area contributed by atoms with Crippen molar-refractivity contribution in [1.29, 1.82) is 0 Å². The smallest absolute Gasteiger partial charge is 0.271 e. The van der Waals surface area contributed by atoms with Crippen molar-refractivity contribution in [2.24, 2.45) is 0 Å². The van der Waals surface area contributed by atoms with Gasteiger partial charge in [0.25, 0.3) is 10.0 Å². The largest absolute Gasteiger partial charge is 0.506 e. The van der Waals surface area contributed by atoms with Gasteiger partial charge in [-0.2, -0.15) is 0 Å². The molecule has 0 fully saturated rings. The Morgan fingerprint density at radius 1 is 1.19 bits per heavy atom. The Bertz CT molecular complexity index is 923. The first-order valence-corrected chi connectivity index (χ1v) is 8.95. The Hall–Kier alpha value is -1.55. The van der Waals surface area contributed by atoms with Crippen LogP contribution in [0.15, 0.2) is 41.0 Å². The molecule has 2 heterocycles. The molecular weight excluding hydrogens is 427 g/mol. The quantitative estimate of drug-likeness (QED) is 0.551. The van der Waals surface area contributed by atoms with Crippen LogP contribution in [0.5, 0.6) is 0 Å². The Balaban J connectivity index is 0.00000151. The van der Waals surface area contributed by atoms with Crippen LogP contribution in [0.3, 0.4) is 0 Å². The number of hydrogen-bond donors (Lipinski definition) is 1. The van der Waals surface area contributed by atoms with Crippen molar-refractivity contribution in [3.8, 4) is 12.3 Å². The standard InChI is InChI=1S/C16H13NO4S.C2H6.CH3.Y/c1-3-9-17-16-13(8-10-21-16)14(18)15(22(17,19)20)12-7-5-4-6-11(12)2;1-2;;/h1,4-8,10,18H,9H2,2H3;1-2H3;1H3;/q;;-1;. The molecule has 1 aliphatic rings. The summed E-state index contributed by atoms with van der Waals surface area (Å²) in [6, 6.07) is 8.46. The molecule has 7 heteroatoms. The zero-order valence-electron chi connectivity index (χ0n) is 15.4. The number of fused-ring (bicyclic) bond motifs is 1. The zero-order chi connectivity index (χ0) is 17.9. The van der Waals surface area contributed by atoms with Crippen LogP contribution in [0.25, 0.3) is 10.7 Å². The molecule has 1 aromatic heterocycles. The number of nitrogens with zero attached hydrogens (tertiary/aromatic N) is 1. The number of rotatable bonds is 2. The van der Waals surface area contributed by atoms with Crippen molar-refractivity contribution in [2.45, 2.75) is 20.8 Å². The maximum Gasteiger partial charge on any atom is 0.271 e. The summed E-state index contributed by atoms with van der Waals surface area (Å²) >= 11 is 0. The number of hydrogen-bond acceptors (Lipinski definition) is 4. The molecule has 0 unspecified atom stereocenters. The second-order valence-electron chi connectivity index (χ2n) is 4.85. The van der Waals surface area contributed by atoms with Crippen molar-refractivity contribution in [1.82, 2.24) is 0 Å². The van der Waals surface area contributed by atoms with Gasteiger partial charge in [0.05, 0.1) is 18.4 Å². The summed E-state index contributed by atoms with van der Waals surface area (Å²) < 4.78 is 31.9. The van der Waals surface area contributed by atoms with Crippen LogP contribution in [0.1, 0.15) is 30.5 Å². The first-order chi connectivity index (χ1) is 11.5. The predicted octanol–water partition coefficient (Wildman–Crippen LogP) is 4.23. The number of anilines is 1. The number of aryl methyl sites for hydroxylation is 1. The van der Waals surface area contributed by atoms with E-state index in [4.69, 9.17) is 10.8 Å². The van der Waals surface area contributed by atoms with E-state index in [2.05, 4.69) is 5.92 Å². The molecule has 0 atom stereocenters. The van der Waals surface area contributed by atoms with Crippen LogP contribution in [0.2, 0.25) is 0 Å². The van der Waals surface area contributed by atoms with E-state index in [9.17, 15) is 13.5 Å². The van der Waals surface area contributed by atoms with Crippen molar-refractivity contribution in [2.75, 3.05) is 10.8 Å². The number of aliphatic hydroxyl groups excluding tert-OH is 1. The van der Waals surface area contributed by atoms with Gasteiger partial charge in [-0.25, -0.2) is 12.7 Å². The molecule has 3 rings (SSSR count). The van der Waals surface area contributed by atoms with E-state index in [-0.39, 0.29) is 63.2 Å². The molecule has 0 aliphatic carbocycles. The molecule has 0 saturated carbocycles. The van der Waals surface area contributed by atoms with Crippen molar-refractivity contribution in [3.63, 3.8) is 0 Å². The second-order valence-corrected chi connectivity index (χ2v) is 6.65. The number of terminal acetylenes is 1. The Labute approximate surface area is 181 Å². The summed E-state index contributed by atoms with van der Waals surface area (Å²) in [6.45, 7) is 5.60. The molecule has 1 N–H and O–H groups in total. The van der Waals surface area contributed by atoms with E-state index in [0.717, 1.165) is 9.87 Å². The van der Waals surface area contributed by atoms with Crippen LogP contribution in [-0.4, -0.2) is 20.1 Å². The maximum absolute atomic E-state index is 12.9. The molecule has 2 aromatic rings. The van der Waals surface area contributed by atoms with Gasteiger partial charge in [0, 0.05) is 38.3 Å². The summed E-state index contributed by atoms with van der Waals surface area (Å²) in [7, 11) is -4.01. The minimum absolute atomic E-state index is 0. The van der Waals surface area contributed by atoms with Gasteiger partial charge < -0.3 is 17.0 Å². The maximum atomic E-state index is 12.9. The molecular formula is C19H22NO4SY-. The van der Waals surface area contributed by atoms with Crippen molar-refractivity contribution >= 4 is 26.6 Å². The zero-order valence-corrected chi connectivity index (χ0v) is 19.0. The van der Waals surface area contributed by atoms with Crippen LogP contribution in [-0.2, 0) is 42.7 Å². The fraction of sp³-hybridized carbons (Fsp3) is 0.211. The second kappa shape index (κ2) is 9.96. The summed E-state index contributed by atoms with van der Waals surface area (Å²) in [4.78, 5) is -0.158. The van der Waals surface area contributed by atoms with Crippen LogP contribution in [0.4, 0.5) is 5.88 Å². The fourth-order valence-electron chi connectivity index (χ4n) is 2.47. The van der Waals surface area contributed by atoms with E-state index in [1.165, 1.54) is 12.3 Å². The van der Waals surface area contributed by atoms with Gasteiger partial charge in [-0.15, -0.1) is 6.42 Å². The molecule has 5 nitrogen and oxygen atoms in total. The monoisotopic (exact) mass is 449 g/mol. The molecule has 0 bridgehead atoms. The van der Waals surface area contributed by atoms with Crippen LogP contribution >= 0.6 is 0 Å². The first kappa shape index (κ1) is 24.5. The van der Waals surface area contributed by atoms with Crippen molar-refractivity contribution in [3.05, 3.63) is 60.7 Å². The first-order valence-electron chi connectivity index (χ1n) is 7.51. The van der Waals surface area contributed by atoms with Crippen LogP contribution < -0.4 is 4.31 Å². The molecule has 26 heavy (non-hydrogen) atoms. The predicted molar refractivity (Wildman–Crippen MR) is 102 cm³/mol. The summed E-state index contributed by atoms with van der Waals surface area (Å²) in [5.41, 5.74) is 1.48. The molecule has 137 valence electrons. The van der Waals surface area contributed by atoms with E-state index in [0.29, 0.717) is 11.1 Å². The van der Waals surface area contributed by atoms with Gasteiger partial charge >= 0.3 is 0 Å². The molecule has 1 aliphatic heterocycles. The summed E-state index contributed by atoms with van der Waals surface area (Å²) in [6.07, 6.45) is 6.60. The van der Waals surface area contributed by atoms with Gasteiger partial charge in [-0.05, 0) is 18.6 Å². The van der Waals surface area contributed by atoms with E-state index in [1.807, 2.05) is 13.8 Å². The van der Waals surface area contributed by atoms with Gasteiger partial charge in [0.2, 0.25) is 5.88 Å². The number of aliphatic hydroxyl groups is 1. The third-order valence-corrected chi connectivity index (χ3v) is 5.32.